The minimum Gasteiger partial charge on any atom is -0.397 e. The van der Waals surface area contributed by atoms with Crippen LogP contribution in [-0.4, -0.2) is 40.6 Å². The van der Waals surface area contributed by atoms with Gasteiger partial charge in [-0.2, -0.15) is 0 Å². The molecule has 0 bridgehead atoms. The molecule has 0 fully saturated rings. The highest BCUT2D eigenvalue weighted by Gasteiger charge is 2.25. The van der Waals surface area contributed by atoms with Crippen molar-refractivity contribution in [3.63, 3.8) is 0 Å². The van der Waals surface area contributed by atoms with Crippen molar-refractivity contribution in [1.82, 2.24) is 4.90 Å². The number of nitrogens with one attached hydrogen (secondary N) is 1. The largest absolute Gasteiger partial charge is 0.397 e. The van der Waals surface area contributed by atoms with Crippen LogP contribution in [0.25, 0.3) is 0 Å². The predicted octanol–water partition coefficient (Wildman–Crippen LogP) is 2.34. The summed E-state index contributed by atoms with van der Waals surface area (Å²) in [7, 11) is 0. The molecule has 1 aromatic rings. The highest BCUT2D eigenvalue weighted by Crippen LogP contribution is 2.22. The SMILES string of the molecule is CCN(CC(C)(C)O)C(C)C(=O)Nc1ccc(Cl)c(N)c1. The summed E-state index contributed by atoms with van der Waals surface area (Å²) in [5.74, 6) is -0.150. The van der Waals surface area contributed by atoms with E-state index in [9.17, 15) is 9.90 Å². The highest BCUT2D eigenvalue weighted by molar-refractivity contribution is 6.33. The van der Waals surface area contributed by atoms with Crippen LogP contribution in [0.5, 0.6) is 0 Å². The first kappa shape index (κ1) is 17.8. The van der Waals surface area contributed by atoms with Gasteiger partial charge in [-0.3, -0.25) is 9.69 Å². The Bertz CT molecular complexity index is 500. The lowest BCUT2D eigenvalue weighted by atomic mass is 10.1. The molecule has 21 heavy (non-hydrogen) atoms. The molecule has 0 aliphatic carbocycles. The summed E-state index contributed by atoms with van der Waals surface area (Å²) in [6.07, 6.45) is 0. The van der Waals surface area contributed by atoms with Crippen molar-refractivity contribution in [2.24, 2.45) is 0 Å². The molecule has 0 radical (unpaired) electrons. The van der Waals surface area contributed by atoms with Crippen LogP contribution in [0.2, 0.25) is 5.02 Å². The summed E-state index contributed by atoms with van der Waals surface area (Å²) >= 11 is 5.85. The molecule has 1 aromatic carbocycles. The minimum atomic E-state index is -0.852. The molecular weight excluding hydrogens is 290 g/mol. The van der Waals surface area contributed by atoms with Crippen molar-refractivity contribution in [2.75, 3.05) is 24.1 Å². The van der Waals surface area contributed by atoms with Crippen LogP contribution in [0.4, 0.5) is 11.4 Å². The van der Waals surface area contributed by atoms with Crippen LogP contribution in [0.3, 0.4) is 0 Å². The lowest BCUT2D eigenvalue weighted by molar-refractivity contribution is -0.121. The molecule has 1 rings (SSSR count). The molecule has 0 aliphatic heterocycles. The van der Waals surface area contributed by atoms with E-state index in [1.807, 2.05) is 18.7 Å². The molecule has 1 atom stereocenters. The zero-order valence-corrected chi connectivity index (χ0v) is 13.7. The summed E-state index contributed by atoms with van der Waals surface area (Å²) in [4.78, 5) is 14.2. The van der Waals surface area contributed by atoms with E-state index in [1.165, 1.54) is 0 Å². The van der Waals surface area contributed by atoms with E-state index in [1.54, 1.807) is 32.0 Å². The van der Waals surface area contributed by atoms with Gasteiger partial charge in [-0.05, 0) is 45.5 Å². The zero-order valence-electron chi connectivity index (χ0n) is 13.0. The fourth-order valence-electron chi connectivity index (χ4n) is 2.05. The molecular formula is C15H24ClN3O2. The summed E-state index contributed by atoms with van der Waals surface area (Å²) in [6, 6.07) is 4.61. The van der Waals surface area contributed by atoms with Crippen molar-refractivity contribution in [3.05, 3.63) is 23.2 Å². The van der Waals surface area contributed by atoms with E-state index in [2.05, 4.69) is 5.32 Å². The predicted molar refractivity (Wildman–Crippen MR) is 87.5 cm³/mol. The van der Waals surface area contributed by atoms with Crippen LogP contribution < -0.4 is 11.1 Å². The van der Waals surface area contributed by atoms with E-state index in [-0.39, 0.29) is 11.9 Å². The first-order valence-corrected chi connectivity index (χ1v) is 7.34. The minimum absolute atomic E-state index is 0.150. The number of halogens is 1. The average molecular weight is 314 g/mol. The monoisotopic (exact) mass is 313 g/mol. The molecule has 5 nitrogen and oxygen atoms in total. The number of nitrogen functional groups attached to an aromatic ring is 1. The molecule has 1 unspecified atom stereocenters. The molecule has 0 spiro atoms. The number of nitrogens with zero attached hydrogens (tertiary/aromatic N) is 1. The second-order valence-corrected chi connectivity index (χ2v) is 6.18. The molecule has 4 N–H and O–H groups in total. The van der Waals surface area contributed by atoms with Crippen LogP contribution in [-0.2, 0) is 4.79 Å². The van der Waals surface area contributed by atoms with Gasteiger partial charge in [0.1, 0.15) is 0 Å². The van der Waals surface area contributed by atoms with Crippen LogP contribution in [0, 0.1) is 0 Å². The van der Waals surface area contributed by atoms with Gasteiger partial charge in [0.2, 0.25) is 5.91 Å². The smallest absolute Gasteiger partial charge is 0.241 e. The van der Waals surface area contributed by atoms with Crippen LogP contribution >= 0.6 is 11.6 Å². The van der Waals surface area contributed by atoms with Gasteiger partial charge < -0.3 is 16.2 Å². The Morgan fingerprint density at radius 2 is 2.14 bits per heavy atom. The van der Waals surface area contributed by atoms with E-state index < -0.39 is 5.60 Å². The summed E-state index contributed by atoms with van der Waals surface area (Å²) < 4.78 is 0. The van der Waals surface area contributed by atoms with Crippen molar-refractivity contribution in [3.8, 4) is 0 Å². The first-order valence-electron chi connectivity index (χ1n) is 6.96. The topological polar surface area (TPSA) is 78.6 Å². The number of carbonyl (C=O) groups excluding carboxylic acids is 1. The zero-order chi connectivity index (χ0) is 16.2. The highest BCUT2D eigenvalue weighted by atomic mass is 35.5. The van der Waals surface area contributed by atoms with Gasteiger partial charge in [-0.15, -0.1) is 0 Å². The van der Waals surface area contributed by atoms with Gasteiger partial charge in [0.15, 0.2) is 0 Å². The quantitative estimate of drug-likeness (QED) is 0.704. The normalized spacial score (nSPS) is 13.3. The van der Waals surface area contributed by atoms with Crippen molar-refractivity contribution < 1.29 is 9.90 Å². The molecule has 6 heteroatoms. The van der Waals surface area contributed by atoms with Gasteiger partial charge in [-0.1, -0.05) is 18.5 Å². The number of rotatable bonds is 6. The third-order valence-corrected chi connectivity index (χ3v) is 3.53. The average Bonchev–Trinajstić information content (AvgIpc) is 2.38. The van der Waals surface area contributed by atoms with Crippen molar-refractivity contribution in [2.45, 2.75) is 39.3 Å². The number of hydrogen-bond donors (Lipinski definition) is 3. The lowest BCUT2D eigenvalue weighted by Gasteiger charge is -2.32. The van der Waals surface area contributed by atoms with Crippen molar-refractivity contribution >= 4 is 28.9 Å². The maximum atomic E-state index is 12.3. The number of hydrogen-bond acceptors (Lipinski definition) is 4. The van der Waals surface area contributed by atoms with Gasteiger partial charge in [0.25, 0.3) is 0 Å². The van der Waals surface area contributed by atoms with Crippen molar-refractivity contribution in [1.29, 1.82) is 0 Å². The second kappa shape index (κ2) is 7.11. The van der Waals surface area contributed by atoms with Crippen LogP contribution in [0.1, 0.15) is 27.7 Å². The molecule has 0 saturated heterocycles. The Balaban J connectivity index is 2.74. The first-order chi connectivity index (χ1) is 9.64. The molecule has 0 aromatic heterocycles. The maximum Gasteiger partial charge on any atom is 0.241 e. The lowest BCUT2D eigenvalue weighted by Crippen LogP contribution is -2.48. The standard InChI is InChI=1S/C15H24ClN3O2/c1-5-19(9-15(3,4)21)10(2)14(20)18-11-6-7-12(16)13(17)8-11/h6-8,10,21H,5,9,17H2,1-4H3,(H,18,20). The van der Waals surface area contributed by atoms with E-state index in [0.29, 0.717) is 29.5 Å². The van der Waals surface area contributed by atoms with Gasteiger partial charge >= 0.3 is 0 Å². The second-order valence-electron chi connectivity index (χ2n) is 5.78. The Labute approximate surface area is 131 Å². The van der Waals surface area contributed by atoms with Crippen LogP contribution in [0.15, 0.2) is 18.2 Å². The Morgan fingerprint density at radius 1 is 1.52 bits per heavy atom. The number of nitrogens with two attached hydrogens (primary N) is 1. The number of anilines is 2. The molecule has 1 amide bonds. The summed E-state index contributed by atoms with van der Waals surface area (Å²) in [5, 5.41) is 13.2. The molecule has 0 saturated carbocycles. The van der Waals surface area contributed by atoms with Gasteiger partial charge in [-0.25, -0.2) is 0 Å². The van der Waals surface area contributed by atoms with Gasteiger partial charge in [0.05, 0.1) is 22.4 Å². The summed E-state index contributed by atoms with van der Waals surface area (Å²) in [5.41, 5.74) is 5.89. The molecule has 0 aliphatic rings. The van der Waals surface area contributed by atoms with E-state index in [4.69, 9.17) is 17.3 Å². The van der Waals surface area contributed by atoms with Gasteiger partial charge in [0, 0.05) is 12.2 Å². The Morgan fingerprint density at radius 3 is 2.62 bits per heavy atom. The third-order valence-electron chi connectivity index (χ3n) is 3.19. The van der Waals surface area contributed by atoms with E-state index in [0.717, 1.165) is 0 Å². The number of likely N-dealkylation sites (N-methyl/N-ethyl adjacent to an activating group) is 1. The number of benzene rings is 1. The fourth-order valence-corrected chi connectivity index (χ4v) is 2.17. The maximum absolute atomic E-state index is 12.3. The number of amides is 1. The molecule has 118 valence electrons. The van der Waals surface area contributed by atoms with E-state index >= 15 is 0 Å². The number of aliphatic hydroxyl groups is 1. The Hall–Kier alpha value is -1.30. The Kier molecular flexibility index (Phi) is 6.01. The fraction of sp³-hybridized carbons (Fsp3) is 0.533. The number of carbonyl (C=O) groups is 1. The molecule has 0 heterocycles. The third kappa shape index (κ3) is 5.53. The summed E-state index contributed by atoms with van der Waals surface area (Å²) in [6.45, 7) is 8.29.